The van der Waals surface area contributed by atoms with Gasteiger partial charge in [0, 0.05) is 23.1 Å². The van der Waals surface area contributed by atoms with Gasteiger partial charge in [0.15, 0.2) is 5.78 Å². The van der Waals surface area contributed by atoms with Crippen molar-refractivity contribution in [1.29, 1.82) is 0 Å². The van der Waals surface area contributed by atoms with Gasteiger partial charge in [0.05, 0.1) is 7.11 Å². The topological polar surface area (TPSA) is 63.6 Å². The molecule has 0 radical (unpaired) electrons. The summed E-state index contributed by atoms with van der Waals surface area (Å²) in [7, 11) is 1.58. The molecule has 1 aliphatic carbocycles. The number of rotatable bonds is 6. The zero-order valence-corrected chi connectivity index (χ0v) is 14.1. The minimum Gasteiger partial charge on any atom is -0.496 e. The molecule has 0 aliphatic heterocycles. The molecule has 1 aliphatic rings. The van der Waals surface area contributed by atoms with E-state index in [9.17, 15) is 14.7 Å². The van der Waals surface area contributed by atoms with E-state index in [2.05, 4.69) is 0 Å². The number of benzene rings is 2. The fourth-order valence-electron chi connectivity index (χ4n) is 3.27. The van der Waals surface area contributed by atoms with Gasteiger partial charge in [-0.3, -0.25) is 4.79 Å². The summed E-state index contributed by atoms with van der Waals surface area (Å²) in [6.07, 6.45) is 1.91. The van der Waals surface area contributed by atoms with Crippen LogP contribution in [0.2, 0.25) is 0 Å². The van der Waals surface area contributed by atoms with Crippen molar-refractivity contribution in [3.8, 4) is 16.9 Å². The molecular weight excluding hydrogens is 316 g/mol. The molecular formula is C21H20O4. The summed E-state index contributed by atoms with van der Waals surface area (Å²) in [6.45, 7) is 0. The van der Waals surface area contributed by atoms with Gasteiger partial charge in [-0.05, 0) is 36.5 Å². The predicted molar refractivity (Wildman–Crippen MR) is 95.7 cm³/mol. The van der Waals surface area contributed by atoms with E-state index in [1.807, 2.05) is 48.5 Å². The fourth-order valence-corrected chi connectivity index (χ4v) is 3.27. The highest BCUT2D eigenvalue weighted by atomic mass is 16.5. The van der Waals surface area contributed by atoms with Crippen LogP contribution in [0.15, 0.2) is 59.7 Å². The second kappa shape index (κ2) is 7.34. The van der Waals surface area contributed by atoms with Gasteiger partial charge in [-0.2, -0.15) is 0 Å². The van der Waals surface area contributed by atoms with Gasteiger partial charge in [-0.15, -0.1) is 0 Å². The van der Waals surface area contributed by atoms with E-state index in [0.29, 0.717) is 24.2 Å². The Bertz CT molecular complexity index is 834. The average molecular weight is 336 g/mol. The molecule has 0 spiro atoms. The molecule has 2 aromatic carbocycles. The first kappa shape index (κ1) is 17.0. The van der Waals surface area contributed by atoms with Crippen LogP contribution in [0.1, 0.15) is 24.8 Å². The lowest BCUT2D eigenvalue weighted by atomic mass is 9.97. The van der Waals surface area contributed by atoms with Gasteiger partial charge in [0.1, 0.15) is 5.75 Å². The maximum Gasteiger partial charge on any atom is 0.331 e. The number of carboxylic acids is 1. The number of ether oxygens (including phenoxy) is 1. The number of carbonyl (C=O) groups excluding carboxylic acids is 1. The number of ketones is 1. The summed E-state index contributed by atoms with van der Waals surface area (Å²) in [5, 5.41) is 9.23. The minimum atomic E-state index is -0.979. The molecule has 0 bridgehead atoms. The van der Waals surface area contributed by atoms with Crippen molar-refractivity contribution in [1.82, 2.24) is 0 Å². The first-order valence-electron chi connectivity index (χ1n) is 8.31. The number of hydrogen-bond acceptors (Lipinski definition) is 3. The average Bonchev–Trinajstić information content (AvgIpc) is 3.13. The molecule has 0 unspecified atom stereocenters. The number of hydrogen-bond donors (Lipinski definition) is 1. The Morgan fingerprint density at radius 1 is 1.00 bits per heavy atom. The van der Waals surface area contributed by atoms with Crippen LogP contribution in [-0.2, 0) is 16.0 Å². The van der Waals surface area contributed by atoms with Crippen molar-refractivity contribution in [2.75, 3.05) is 7.11 Å². The SMILES string of the molecule is COc1cc(-c2ccccc2)ccc1CC(=O)C1=C(C(=O)O)CCC1. The van der Waals surface area contributed by atoms with Crippen molar-refractivity contribution in [3.63, 3.8) is 0 Å². The summed E-state index contributed by atoms with van der Waals surface area (Å²) in [5.41, 5.74) is 3.59. The van der Waals surface area contributed by atoms with Crippen molar-refractivity contribution in [3.05, 3.63) is 65.2 Å². The second-order valence-corrected chi connectivity index (χ2v) is 6.11. The number of allylic oxidation sites excluding steroid dienone is 1. The van der Waals surface area contributed by atoms with Gasteiger partial charge in [0.2, 0.25) is 0 Å². The molecule has 2 aromatic rings. The third-order valence-corrected chi connectivity index (χ3v) is 4.56. The Hall–Kier alpha value is -2.88. The number of Topliss-reactive ketones (excluding diaryl/α,β-unsaturated/α-hetero) is 1. The molecule has 25 heavy (non-hydrogen) atoms. The van der Waals surface area contributed by atoms with Crippen LogP contribution in [0.5, 0.6) is 5.75 Å². The smallest absolute Gasteiger partial charge is 0.331 e. The normalized spacial score (nSPS) is 13.8. The summed E-state index contributed by atoms with van der Waals surface area (Å²) >= 11 is 0. The monoisotopic (exact) mass is 336 g/mol. The number of carboxylic acid groups (broad SMARTS) is 1. The Morgan fingerprint density at radius 2 is 1.72 bits per heavy atom. The van der Waals surface area contributed by atoms with E-state index < -0.39 is 5.97 Å². The molecule has 0 fully saturated rings. The summed E-state index contributed by atoms with van der Waals surface area (Å²) in [4.78, 5) is 23.8. The highest BCUT2D eigenvalue weighted by Gasteiger charge is 2.25. The lowest BCUT2D eigenvalue weighted by Gasteiger charge is -2.11. The molecule has 128 valence electrons. The van der Waals surface area contributed by atoms with Gasteiger partial charge >= 0.3 is 5.97 Å². The molecule has 1 N–H and O–H groups in total. The molecule has 0 aromatic heterocycles. The minimum absolute atomic E-state index is 0.124. The predicted octanol–water partition coefficient (Wildman–Crippen LogP) is 4.04. The van der Waals surface area contributed by atoms with Crippen molar-refractivity contribution in [2.45, 2.75) is 25.7 Å². The number of carbonyl (C=O) groups is 2. The van der Waals surface area contributed by atoms with Gasteiger partial charge in [0.25, 0.3) is 0 Å². The Labute approximate surface area is 146 Å². The van der Waals surface area contributed by atoms with Gasteiger partial charge in [-0.1, -0.05) is 42.5 Å². The van der Waals surface area contributed by atoms with Gasteiger partial charge < -0.3 is 9.84 Å². The molecule has 0 saturated heterocycles. The zero-order chi connectivity index (χ0) is 17.8. The summed E-state index contributed by atoms with van der Waals surface area (Å²) in [6, 6.07) is 15.7. The highest BCUT2D eigenvalue weighted by Crippen LogP contribution is 2.31. The molecule has 3 rings (SSSR count). The standard InChI is InChI=1S/C21H20O4/c1-25-20-13-15(14-6-3-2-4-7-14)10-11-16(20)12-19(22)17-8-5-9-18(17)21(23)24/h2-4,6-7,10-11,13H,5,8-9,12H2,1H3,(H,23,24). The third kappa shape index (κ3) is 3.63. The van der Waals surface area contributed by atoms with Crippen LogP contribution in [0.4, 0.5) is 0 Å². The molecule has 0 amide bonds. The molecule has 4 nitrogen and oxygen atoms in total. The van der Waals surface area contributed by atoms with Gasteiger partial charge in [-0.25, -0.2) is 4.79 Å². The zero-order valence-electron chi connectivity index (χ0n) is 14.1. The lowest BCUT2D eigenvalue weighted by molar-refractivity contribution is -0.133. The Kier molecular flexibility index (Phi) is 4.98. The van der Waals surface area contributed by atoms with Crippen LogP contribution in [0.25, 0.3) is 11.1 Å². The van der Waals surface area contributed by atoms with Crippen LogP contribution < -0.4 is 4.74 Å². The van der Waals surface area contributed by atoms with Crippen molar-refractivity contribution >= 4 is 11.8 Å². The van der Waals surface area contributed by atoms with E-state index >= 15 is 0 Å². The molecule has 0 atom stereocenters. The van der Waals surface area contributed by atoms with E-state index in [1.54, 1.807) is 7.11 Å². The fraction of sp³-hybridized carbons (Fsp3) is 0.238. The molecule has 0 heterocycles. The quantitative estimate of drug-likeness (QED) is 0.865. The largest absolute Gasteiger partial charge is 0.496 e. The van der Waals surface area contributed by atoms with E-state index in [0.717, 1.165) is 23.1 Å². The van der Waals surface area contributed by atoms with E-state index in [1.165, 1.54) is 0 Å². The molecule has 4 heteroatoms. The first-order valence-corrected chi connectivity index (χ1v) is 8.31. The number of methoxy groups -OCH3 is 1. The van der Waals surface area contributed by atoms with E-state index in [4.69, 9.17) is 4.74 Å². The Balaban J connectivity index is 1.87. The maximum atomic E-state index is 12.6. The van der Waals surface area contributed by atoms with Crippen LogP contribution >= 0.6 is 0 Å². The van der Waals surface area contributed by atoms with Crippen LogP contribution in [0.3, 0.4) is 0 Å². The highest BCUT2D eigenvalue weighted by molar-refractivity contribution is 6.05. The lowest BCUT2D eigenvalue weighted by Crippen LogP contribution is -2.11. The van der Waals surface area contributed by atoms with Crippen LogP contribution in [0, 0.1) is 0 Å². The van der Waals surface area contributed by atoms with Crippen molar-refractivity contribution < 1.29 is 19.4 Å². The number of aliphatic carboxylic acids is 1. The summed E-state index contributed by atoms with van der Waals surface area (Å²) < 4.78 is 5.46. The maximum absolute atomic E-state index is 12.6. The van der Waals surface area contributed by atoms with Crippen molar-refractivity contribution in [2.24, 2.45) is 0 Å². The molecule has 0 saturated carbocycles. The third-order valence-electron chi connectivity index (χ3n) is 4.56. The van der Waals surface area contributed by atoms with E-state index in [-0.39, 0.29) is 17.8 Å². The second-order valence-electron chi connectivity index (χ2n) is 6.11. The van der Waals surface area contributed by atoms with Crippen LogP contribution in [-0.4, -0.2) is 24.0 Å². The first-order chi connectivity index (χ1) is 12.1. The summed E-state index contributed by atoms with van der Waals surface area (Å²) in [5.74, 6) is -0.460. The Morgan fingerprint density at radius 3 is 2.40 bits per heavy atom.